The molecule has 2 aromatic heterocycles. The Bertz CT molecular complexity index is 1520. The third kappa shape index (κ3) is 6.14. The standard InChI is InChI=1S/C30H29F6N5/c1-3-22-7-4-5-16-41(22)18(2)27-39-25-17-19(26-24(30(34,35)36)8-6-15-37-26)9-14-23(25)28(40-27)38-21-12-10-20(11-13-21)29(31,32)33/h6,8-15,17-18,22H,3-5,7,16H2,1-2H3,(H,38,39,40). The molecule has 5 rings (SSSR count). The lowest BCUT2D eigenvalue weighted by Crippen LogP contribution is -2.41. The molecule has 1 aliphatic rings. The first-order chi connectivity index (χ1) is 19.5. The van der Waals surface area contributed by atoms with E-state index in [1.807, 2.05) is 6.92 Å². The molecular formula is C30H29F6N5. The SMILES string of the molecule is CCC1CCCCN1C(C)c1nc(Nc2ccc(C(F)(F)F)cc2)c2ccc(-c3ncccc3C(F)(F)F)cc2n1. The highest BCUT2D eigenvalue weighted by molar-refractivity contribution is 5.93. The molecule has 1 saturated heterocycles. The van der Waals surface area contributed by atoms with Crippen LogP contribution in [0.1, 0.15) is 62.5 Å². The summed E-state index contributed by atoms with van der Waals surface area (Å²) in [4.78, 5) is 15.9. The van der Waals surface area contributed by atoms with Crippen molar-refractivity contribution in [2.24, 2.45) is 0 Å². The summed E-state index contributed by atoms with van der Waals surface area (Å²) in [6.45, 7) is 5.00. The Morgan fingerprint density at radius 2 is 1.71 bits per heavy atom. The average Bonchev–Trinajstić information content (AvgIpc) is 2.95. The number of piperidine rings is 1. The number of likely N-dealkylation sites (tertiary alicyclic amines) is 1. The lowest BCUT2D eigenvalue weighted by molar-refractivity contribution is -0.138. The molecule has 1 fully saturated rings. The molecule has 0 bridgehead atoms. The molecule has 11 heteroatoms. The van der Waals surface area contributed by atoms with E-state index in [0.29, 0.717) is 34.3 Å². The molecule has 4 aromatic rings. The Balaban J connectivity index is 1.61. The number of fused-ring (bicyclic) bond motifs is 1. The van der Waals surface area contributed by atoms with Crippen molar-refractivity contribution in [1.82, 2.24) is 19.9 Å². The monoisotopic (exact) mass is 573 g/mol. The average molecular weight is 574 g/mol. The maximum absolute atomic E-state index is 13.8. The second-order valence-electron chi connectivity index (χ2n) is 10.2. The summed E-state index contributed by atoms with van der Waals surface area (Å²) in [5.74, 6) is 0.826. The molecule has 0 spiro atoms. The van der Waals surface area contributed by atoms with Crippen LogP contribution in [0, 0.1) is 0 Å². The predicted octanol–water partition coefficient (Wildman–Crippen LogP) is 8.80. The van der Waals surface area contributed by atoms with Gasteiger partial charge in [-0.15, -0.1) is 0 Å². The van der Waals surface area contributed by atoms with Crippen LogP contribution in [-0.4, -0.2) is 32.4 Å². The van der Waals surface area contributed by atoms with Gasteiger partial charge < -0.3 is 5.32 Å². The largest absolute Gasteiger partial charge is 0.418 e. The van der Waals surface area contributed by atoms with Crippen molar-refractivity contribution < 1.29 is 26.3 Å². The van der Waals surface area contributed by atoms with Gasteiger partial charge in [0.25, 0.3) is 0 Å². The second kappa shape index (κ2) is 11.3. The maximum Gasteiger partial charge on any atom is 0.418 e. The molecule has 0 radical (unpaired) electrons. The van der Waals surface area contributed by atoms with E-state index in [2.05, 4.69) is 22.1 Å². The molecule has 0 amide bonds. The highest BCUT2D eigenvalue weighted by Crippen LogP contribution is 2.38. The molecule has 1 aliphatic heterocycles. The smallest absolute Gasteiger partial charge is 0.340 e. The molecule has 0 aliphatic carbocycles. The summed E-state index contributed by atoms with van der Waals surface area (Å²) in [5.41, 5.74) is -0.820. The Morgan fingerprint density at radius 1 is 0.951 bits per heavy atom. The third-order valence-electron chi connectivity index (χ3n) is 7.59. The summed E-state index contributed by atoms with van der Waals surface area (Å²) in [5, 5.41) is 3.62. The van der Waals surface area contributed by atoms with Crippen LogP contribution in [0.2, 0.25) is 0 Å². The van der Waals surface area contributed by atoms with Crippen LogP contribution >= 0.6 is 0 Å². The van der Waals surface area contributed by atoms with Gasteiger partial charge in [0.2, 0.25) is 0 Å². The van der Waals surface area contributed by atoms with Gasteiger partial charge in [-0.3, -0.25) is 9.88 Å². The van der Waals surface area contributed by atoms with Crippen LogP contribution in [0.5, 0.6) is 0 Å². The van der Waals surface area contributed by atoms with E-state index >= 15 is 0 Å². The van der Waals surface area contributed by atoms with E-state index in [1.54, 1.807) is 12.1 Å². The van der Waals surface area contributed by atoms with Crippen molar-refractivity contribution in [2.45, 2.75) is 64.0 Å². The second-order valence-corrected chi connectivity index (χ2v) is 10.2. The minimum atomic E-state index is -4.59. The van der Waals surface area contributed by atoms with Crippen LogP contribution in [0.25, 0.3) is 22.2 Å². The van der Waals surface area contributed by atoms with Crippen molar-refractivity contribution in [3.63, 3.8) is 0 Å². The zero-order valence-electron chi connectivity index (χ0n) is 22.5. The summed E-state index contributed by atoms with van der Waals surface area (Å²) in [7, 11) is 0. The number of pyridine rings is 1. The van der Waals surface area contributed by atoms with Crippen molar-refractivity contribution in [3.05, 3.63) is 77.7 Å². The number of halogens is 6. The molecule has 41 heavy (non-hydrogen) atoms. The number of alkyl halides is 6. The van der Waals surface area contributed by atoms with Crippen LogP contribution in [-0.2, 0) is 12.4 Å². The number of nitrogens with zero attached hydrogens (tertiary/aromatic N) is 4. The lowest BCUT2D eigenvalue weighted by atomic mass is 9.98. The Kier molecular flexibility index (Phi) is 7.91. The Morgan fingerprint density at radius 3 is 2.39 bits per heavy atom. The quantitative estimate of drug-likeness (QED) is 0.234. The molecule has 2 atom stereocenters. The normalized spacial score (nSPS) is 17.5. The molecular weight excluding hydrogens is 544 g/mol. The fourth-order valence-corrected chi connectivity index (χ4v) is 5.44. The third-order valence-corrected chi connectivity index (χ3v) is 7.59. The van der Waals surface area contributed by atoms with Crippen molar-refractivity contribution >= 4 is 22.4 Å². The van der Waals surface area contributed by atoms with Crippen LogP contribution in [0.4, 0.5) is 37.8 Å². The molecule has 0 saturated carbocycles. The molecule has 1 N–H and O–H groups in total. The Hall–Kier alpha value is -3.73. The van der Waals surface area contributed by atoms with Crippen molar-refractivity contribution in [2.75, 3.05) is 11.9 Å². The minimum absolute atomic E-state index is 0.193. The van der Waals surface area contributed by atoms with Gasteiger partial charge in [0.05, 0.1) is 28.4 Å². The molecule has 5 nitrogen and oxygen atoms in total. The van der Waals surface area contributed by atoms with Gasteiger partial charge in [-0.05, 0) is 81.3 Å². The lowest BCUT2D eigenvalue weighted by Gasteiger charge is -2.39. The Labute approximate surface area is 233 Å². The van der Waals surface area contributed by atoms with Crippen LogP contribution < -0.4 is 5.32 Å². The summed E-state index contributed by atoms with van der Waals surface area (Å²) >= 11 is 0. The van der Waals surface area contributed by atoms with E-state index in [0.717, 1.165) is 50.4 Å². The van der Waals surface area contributed by atoms with Gasteiger partial charge in [0, 0.05) is 28.9 Å². The number of nitrogens with one attached hydrogen (secondary N) is 1. The number of rotatable bonds is 6. The van der Waals surface area contributed by atoms with Crippen molar-refractivity contribution in [1.29, 1.82) is 0 Å². The fraction of sp³-hybridized carbons (Fsp3) is 0.367. The maximum atomic E-state index is 13.8. The topological polar surface area (TPSA) is 53.9 Å². The van der Waals surface area contributed by atoms with Gasteiger partial charge in [0.15, 0.2) is 0 Å². The van der Waals surface area contributed by atoms with E-state index in [9.17, 15) is 26.3 Å². The number of hydrogen-bond acceptors (Lipinski definition) is 5. The van der Waals surface area contributed by atoms with E-state index in [-0.39, 0.29) is 17.3 Å². The first-order valence-electron chi connectivity index (χ1n) is 13.5. The summed E-state index contributed by atoms with van der Waals surface area (Å²) in [6.07, 6.45) is -3.58. The van der Waals surface area contributed by atoms with Crippen LogP contribution in [0.15, 0.2) is 60.8 Å². The van der Waals surface area contributed by atoms with E-state index in [4.69, 9.17) is 9.97 Å². The first kappa shape index (κ1) is 28.8. The number of aromatic nitrogens is 3. The number of hydrogen-bond donors (Lipinski definition) is 1. The zero-order valence-corrected chi connectivity index (χ0v) is 22.5. The number of anilines is 2. The highest BCUT2D eigenvalue weighted by atomic mass is 19.4. The minimum Gasteiger partial charge on any atom is -0.340 e. The fourth-order valence-electron chi connectivity index (χ4n) is 5.44. The highest BCUT2D eigenvalue weighted by Gasteiger charge is 2.35. The predicted molar refractivity (Wildman–Crippen MR) is 146 cm³/mol. The van der Waals surface area contributed by atoms with Gasteiger partial charge in [-0.25, -0.2) is 9.97 Å². The first-order valence-corrected chi connectivity index (χ1v) is 13.5. The van der Waals surface area contributed by atoms with E-state index < -0.39 is 23.5 Å². The van der Waals surface area contributed by atoms with Gasteiger partial charge in [-0.2, -0.15) is 26.3 Å². The zero-order chi connectivity index (χ0) is 29.4. The molecule has 216 valence electrons. The van der Waals surface area contributed by atoms with Gasteiger partial charge in [-0.1, -0.05) is 19.4 Å². The van der Waals surface area contributed by atoms with Gasteiger partial charge >= 0.3 is 12.4 Å². The van der Waals surface area contributed by atoms with Crippen molar-refractivity contribution in [3.8, 4) is 11.3 Å². The summed E-state index contributed by atoms with van der Waals surface area (Å²) in [6, 6.07) is 11.6. The van der Waals surface area contributed by atoms with E-state index in [1.165, 1.54) is 30.5 Å². The van der Waals surface area contributed by atoms with Crippen LogP contribution in [0.3, 0.4) is 0 Å². The number of benzene rings is 2. The molecule has 3 heterocycles. The summed E-state index contributed by atoms with van der Waals surface area (Å²) < 4.78 is 80.5. The molecule has 2 aromatic carbocycles. The molecule has 2 unspecified atom stereocenters. The van der Waals surface area contributed by atoms with Gasteiger partial charge in [0.1, 0.15) is 11.6 Å².